The number of rotatable bonds is 8. The molecule has 0 aliphatic carbocycles. The third-order valence-electron chi connectivity index (χ3n) is 6.00. The molecule has 1 aliphatic rings. The van der Waals surface area contributed by atoms with Crippen LogP contribution in [0.1, 0.15) is 18.4 Å². The van der Waals surface area contributed by atoms with Crippen LogP contribution in [0.25, 0.3) is 0 Å². The summed E-state index contributed by atoms with van der Waals surface area (Å²) in [6.45, 7) is -0.0681. The number of nitrogens with zero attached hydrogens (tertiary/aromatic N) is 2. The fourth-order valence-corrected chi connectivity index (χ4v) is 7.26. The van der Waals surface area contributed by atoms with Crippen LogP contribution in [0.15, 0.2) is 82.6 Å². The molecule has 0 atom stereocenters. The highest BCUT2D eigenvalue weighted by atomic mass is 35.5. The number of anilines is 2. The van der Waals surface area contributed by atoms with Gasteiger partial charge in [-0.15, -0.1) is 0 Å². The summed E-state index contributed by atoms with van der Waals surface area (Å²) in [6.07, 6.45) is -3.25. The molecule has 8 nitrogen and oxygen atoms in total. The Bertz CT molecular complexity index is 1560. The van der Waals surface area contributed by atoms with Gasteiger partial charge in [-0.05, 0) is 67.4 Å². The molecule has 0 unspecified atom stereocenters. The first-order chi connectivity index (χ1) is 18.3. The molecule has 0 radical (unpaired) electrons. The predicted molar refractivity (Wildman–Crippen MR) is 140 cm³/mol. The lowest BCUT2D eigenvalue weighted by Gasteiger charge is -2.26. The summed E-state index contributed by atoms with van der Waals surface area (Å²) in [7, 11) is -8.21. The van der Waals surface area contributed by atoms with Crippen molar-refractivity contribution in [1.82, 2.24) is 4.31 Å². The Balaban J connectivity index is 1.63. The molecule has 3 aromatic rings. The molecule has 1 fully saturated rings. The molecule has 3 aromatic carbocycles. The maximum atomic E-state index is 13.4. The Morgan fingerprint density at radius 3 is 2.10 bits per heavy atom. The van der Waals surface area contributed by atoms with Gasteiger partial charge in [-0.1, -0.05) is 29.8 Å². The first kappa shape index (κ1) is 28.9. The van der Waals surface area contributed by atoms with Crippen LogP contribution in [0.2, 0.25) is 5.02 Å². The fourth-order valence-electron chi connectivity index (χ4n) is 4.02. The lowest BCUT2D eigenvalue weighted by Crippen LogP contribution is -2.38. The predicted octanol–water partition coefficient (Wildman–Crippen LogP) is 4.98. The number of hydrogen-bond acceptors (Lipinski definition) is 5. The van der Waals surface area contributed by atoms with Gasteiger partial charge in [0.25, 0.3) is 10.0 Å². The standard InChI is InChI=1S/C25H23ClF3N3O5S2/c26-22-13-8-18(25(27,28)29)16-23(22)32(39(36,37)20-6-2-1-3-7-20)17-24(33)30-19-9-11-21(12-10-19)38(34,35)31-14-4-5-15-31/h1-3,6-13,16H,4-5,14-15,17H2,(H,30,33). The van der Waals surface area contributed by atoms with Gasteiger partial charge < -0.3 is 5.32 Å². The highest BCUT2D eigenvalue weighted by Crippen LogP contribution is 2.37. The van der Waals surface area contributed by atoms with E-state index >= 15 is 0 Å². The Morgan fingerprint density at radius 2 is 1.51 bits per heavy atom. The minimum atomic E-state index is -4.79. The first-order valence-corrected chi connectivity index (χ1v) is 14.9. The molecule has 0 bridgehead atoms. The van der Waals surface area contributed by atoms with Gasteiger partial charge in [-0.25, -0.2) is 16.8 Å². The molecular formula is C25H23ClF3N3O5S2. The van der Waals surface area contributed by atoms with E-state index in [4.69, 9.17) is 11.6 Å². The van der Waals surface area contributed by atoms with E-state index in [0.29, 0.717) is 29.5 Å². The van der Waals surface area contributed by atoms with Crippen LogP contribution < -0.4 is 9.62 Å². The maximum Gasteiger partial charge on any atom is 0.416 e. The van der Waals surface area contributed by atoms with Crippen LogP contribution in [0.3, 0.4) is 0 Å². The van der Waals surface area contributed by atoms with Crippen LogP contribution in [-0.2, 0) is 31.0 Å². The average Bonchev–Trinajstić information content (AvgIpc) is 3.44. The molecule has 14 heteroatoms. The SMILES string of the molecule is O=C(CN(c1cc(C(F)(F)F)ccc1Cl)S(=O)(=O)c1ccccc1)Nc1ccc(S(=O)(=O)N2CCCC2)cc1. The molecule has 0 aromatic heterocycles. The Hall–Kier alpha value is -3.13. The van der Waals surface area contributed by atoms with Gasteiger partial charge in [-0.3, -0.25) is 9.10 Å². The number of amides is 1. The minimum Gasteiger partial charge on any atom is -0.325 e. The molecule has 1 amide bonds. The molecular weight excluding hydrogens is 579 g/mol. The van der Waals surface area contributed by atoms with Crippen LogP contribution >= 0.6 is 11.6 Å². The smallest absolute Gasteiger partial charge is 0.325 e. The van der Waals surface area contributed by atoms with Gasteiger partial charge in [0.2, 0.25) is 15.9 Å². The molecule has 0 spiro atoms. The summed E-state index contributed by atoms with van der Waals surface area (Å²) in [5.41, 5.74) is -1.52. The van der Waals surface area contributed by atoms with Crippen LogP contribution in [-0.4, -0.2) is 46.7 Å². The van der Waals surface area contributed by atoms with Crippen molar-refractivity contribution >= 4 is 48.9 Å². The lowest BCUT2D eigenvalue weighted by molar-refractivity contribution is -0.137. The monoisotopic (exact) mass is 601 g/mol. The number of carbonyl (C=O) groups is 1. The lowest BCUT2D eigenvalue weighted by atomic mass is 10.2. The third kappa shape index (κ3) is 6.38. The van der Waals surface area contributed by atoms with E-state index in [1.165, 1.54) is 52.8 Å². The number of carbonyl (C=O) groups excluding carboxylic acids is 1. The molecule has 39 heavy (non-hydrogen) atoms. The normalized spacial score (nSPS) is 14.8. The number of benzene rings is 3. The van der Waals surface area contributed by atoms with Gasteiger partial charge in [0.15, 0.2) is 0 Å². The number of sulfonamides is 2. The largest absolute Gasteiger partial charge is 0.416 e. The molecule has 0 saturated carbocycles. The zero-order chi connectivity index (χ0) is 28.4. The van der Waals surface area contributed by atoms with E-state index in [1.54, 1.807) is 6.07 Å². The van der Waals surface area contributed by atoms with Gasteiger partial charge in [0.1, 0.15) is 6.54 Å². The molecule has 1 saturated heterocycles. The van der Waals surface area contributed by atoms with Crippen molar-refractivity contribution in [3.63, 3.8) is 0 Å². The number of halogens is 4. The number of hydrogen-bond donors (Lipinski definition) is 1. The second-order valence-corrected chi connectivity index (χ2v) is 12.9. The summed E-state index contributed by atoms with van der Waals surface area (Å²) in [4.78, 5) is 12.7. The maximum absolute atomic E-state index is 13.4. The topological polar surface area (TPSA) is 104 Å². The van der Waals surface area contributed by atoms with Crippen molar-refractivity contribution in [2.45, 2.75) is 28.8 Å². The summed E-state index contributed by atoms with van der Waals surface area (Å²) >= 11 is 6.13. The molecule has 1 N–H and O–H groups in total. The van der Waals surface area contributed by atoms with Crippen molar-refractivity contribution in [3.8, 4) is 0 Å². The van der Waals surface area contributed by atoms with E-state index in [2.05, 4.69) is 5.32 Å². The first-order valence-electron chi connectivity index (χ1n) is 11.6. The van der Waals surface area contributed by atoms with Gasteiger partial charge in [0, 0.05) is 18.8 Å². The van der Waals surface area contributed by atoms with E-state index in [1.807, 2.05) is 0 Å². The number of alkyl halides is 3. The van der Waals surface area contributed by atoms with E-state index < -0.39 is 49.9 Å². The van der Waals surface area contributed by atoms with Crippen molar-refractivity contribution in [3.05, 3.63) is 83.4 Å². The second-order valence-electron chi connectivity index (χ2n) is 8.67. The van der Waals surface area contributed by atoms with Gasteiger partial charge in [-0.2, -0.15) is 17.5 Å². The Kier molecular flexibility index (Phi) is 8.26. The molecule has 4 rings (SSSR count). The van der Waals surface area contributed by atoms with E-state index in [0.717, 1.165) is 18.9 Å². The zero-order valence-corrected chi connectivity index (χ0v) is 22.6. The molecule has 1 aliphatic heterocycles. The van der Waals surface area contributed by atoms with E-state index in [9.17, 15) is 34.8 Å². The second kappa shape index (κ2) is 11.2. The highest BCUT2D eigenvalue weighted by molar-refractivity contribution is 7.93. The van der Waals surface area contributed by atoms with Crippen molar-refractivity contribution < 1.29 is 34.8 Å². The summed E-state index contributed by atoms with van der Waals surface area (Å²) in [6, 6.07) is 14.4. The van der Waals surface area contributed by atoms with Crippen LogP contribution in [0.5, 0.6) is 0 Å². The number of nitrogens with one attached hydrogen (secondary N) is 1. The van der Waals surface area contributed by atoms with Crippen molar-refractivity contribution in [2.24, 2.45) is 0 Å². The zero-order valence-electron chi connectivity index (χ0n) is 20.2. The quantitative estimate of drug-likeness (QED) is 0.392. The molecule has 1 heterocycles. The van der Waals surface area contributed by atoms with Crippen molar-refractivity contribution in [2.75, 3.05) is 29.3 Å². The summed E-state index contributed by atoms with van der Waals surface area (Å²) in [5, 5.41) is 2.15. The Morgan fingerprint density at radius 1 is 0.897 bits per heavy atom. The van der Waals surface area contributed by atoms with Gasteiger partial charge in [0.05, 0.1) is 26.1 Å². The van der Waals surface area contributed by atoms with Gasteiger partial charge >= 0.3 is 6.18 Å². The average molecular weight is 602 g/mol. The summed E-state index contributed by atoms with van der Waals surface area (Å²) < 4.78 is 94.4. The van der Waals surface area contributed by atoms with Crippen molar-refractivity contribution in [1.29, 1.82) is 0 Å². The third-order valence-corrected chi connectivity index (χ3v) is 10.0. The fraction of sp³-hybridized carbons (Fsp3) is 0.240. The highest BCUT2D eigenvalue weighted by Gasteiger charge is 2.34. The molecule has 208 valence electrons. The van der Waals surface area contributed by atoms with E-state index in [-0.39, 0.29) is 20.5 Å². The Labute approximate surface area is 229 Å². The minimum absolute atomic E-state index is 0.0337. The van der Waals surface area contributed by atoms with Crippen LogP contribution in [0, 0.1) is 0 Å². The summed E-state index contributed by atoms with van der Waals surface area (Å²) in [5.74, 6) is -0.891. The van der Waals surface area contributed by atoms with Crippen LogP contribution in [0.4, 0.5) is 24.5 Å².